The molecule has 0 bridgehead atoms. The van der Waals surface area contributed by atoms with Gasteiger partial charge in [-0.1, -0.05) is 18.2 Å². The van der Waals surface area contributed by atoms with Crippen LogP contribution < -0.4 is 0 Å². The van der Waals surface area contributed by atoms with E-state index in [9.17, 15) is 34.9 Å². The van der Waals surface area contributed by atoms with Crippen LogP contribution in [0.25, 0.3) is 0 Å². The Bertz CT molecular complexity index is 784. The molecule has 11 heteroatoms. The molecule has 11 nitrogen and oxygen atoms in total. The van der Waals surface area contributed by atoms with Crippen molar-refractivity contribution in [2.45, 2.75) is 19.8 Å². The average molecular weight is 382 g/mol. The van der Waals surface area contributed by atoms with Gasteiger partial charge in [0.05, 0.1) is 18.6 Å². The molecule has 146 valence electrons. The summed E-state index contributed by atoms with van der Waals surface area (Å²) in [6.07, 6.45) is 0. The molecular formula is C16H18N2O9. The number of ether oxygens (including phenoxy) is 2. The molecule has 1 aromatic carbocycles. The minimum absolute atomic E-state index is 0.125. The first-order chi connectivity index (χ1) is 12.7. The third-order valence-electron chi connectivity index (χ3n) is 3.68. The molecular weight excluding hydrogens is 364 g/mol. The van der Waals surface area contributed by atoms with E-state index in [1.54, 1.807) is 0 Å². The number of methoxy groups -OCH3 is 1. The smallest absolute Gasteiger partial charge is 0.405 e. The van der Waals surface area contributed by atoms with E-state index in [0.29, 0.717) is 0 Å². The number of nitro groups is 1. The number of nitro benzene ring substituents is 1. The molecule has 1 N–H and O–H groups in total. The molecule has 0 saturated carbocycles. The Balaban J connectivity index is 3.85. The Morgan fingerprint density at radius 2 is 1.81 bits per heavy atom. The van der Waals surface area contributed by atoms with E-state index in [2.05, 4.69) is 4.74 Å². The Hall–Kier alpha value is -3.50. The summed E-state index contributed by atoms with van der Waals surface area (Å²) < 4.78 is 9.25. The maximum atomic E-state index is 12.3. The number of benzene rings is 1. The maximum absolute atomic E-state index is 12.3. The van der Waals surface area contributed by atoms with Crippen molar-refractivity contribution in [2.24, 2.45) is 5.92 Å². The summed E-state index contributed by atoms with van der Waals surface area (Å²) in [4.78, 5) is 46.2. The zero-order chi connectivity index (χ0) is 20.7. The third kappa shape index (κ3) is 4.77. The lowest BCUT2D eigenvalue weighted by atomic mass is 9.79. The Kier molecular flexibility index (Phi) is 7.39. The summed E-state index contributed by atoms with van der Waals surface area (Å²) in [5.74, 6) is -6.93. The average Bonchev–Trinajstić information content (AvgIpc) is 2.60. The standard InChI is InChI=1S/C16H18N2O9/c1-4-27-15(20)12(9(2)19)13(14(18(24)25)16(21)26-3)10-7-5-6-8-11(10)17(22)23/h5-8,12-13H,4H2,1-3H3,(H,24,25). The van der Waals surface area contributed by atoms with Crippen LogP contribution in [-0.4, -0.2) is 52.2 Å². The molecule has 0 fully saturated rings. The molecule has 0 aromatic heterocycles. The maximum Gasteiger partial charge on any atom is 0.405 e. The second-order valence-corrected chi connectivity index (χ2v) is 5.28. The first-order valence-electron chi connectivity index (χ1n) is 7.68. The number of carbonyl (C=O) groups excluding carboxylic acids is 3. The predicted molar refractivity (Wildman–Crippen MR) is 89.1 cm³/mol. The first kappa shape index (κ1) is 21.5. The van der Waals surface area contributed by atoms with Crippen LogP contribution in [-0.2, 0) is 23.9 Å². The number of ketones is 1. The van der Waals surface area contributed by atoms with Crippen LogP contribution in [0.4, 0.5) is 5.69 Å². The molecule has 0 radical (unpaired) electrons. The number of carbonyl (C=O) groups is 3. The molecule has 0 aliphatic carbocycles. The van der Waals surface area contributed by atoms with Gasteiger partial charge in [0, 0.05) is 16.5 Å². The Morgan fingerprint density at radius 1 is 1.22 bits per heavy atom. The lowest BCUT2D eigenvalue weighted by molar-refractivity contribution is -0.726. The van der Waals surface area contributed by atoms with Gasteiger partial charge in [-0.3, -0.25) is 24.9 Å². The number of hydrogen-bond donors (Lipinski definition) is 1. The van der Waals surface area contributed by atoms with E-state index in [-0.39, 0.29) is 12.2 Å². The summed E-state index contributed by atoms with van der Waals surface area (Å²) >= 11 is 0. The van der Waals surface area contributed by atoms with Crippen molar-refractivity contribution in [3.05, 3.63) is 45.2 Å². The first-order valence-corrected chi connectivity index (χ1v) is 7.68. The van der Waals surface area contributed by atoms with Crippen molar-refractivity contribution in [1.82, 2.24) is 0 Å². The monoisotopic (exact) mass is 382 g/mol. The zero-order valence-corrected chi connectivity index (χ0v) is 14.8. The second-order valence-electron chi connectivity index (χ2n) is 5.28. The van der Waals surface area contributed by atoms with Gasteiger partial charge in [-0.05, 0) is 13.8 Å². The van der Waals surface area contributed by atoms with E-state index in [4.69, 9.17) is 4.74 Å². The van der Waals surface area contributed by atoms with Crippen molar-refractivity contribution < 1.29 is 38.9 Å². The highest BCUT2D eigenvalue weighted by atomic mass is 16.8. The predicted octanol–water partition coefficient (Wildman–Crippen LogP) is 0.960. The molecule has 0 saturated heterocycles. The fourth-order valence-corrected chi connectivity index (χ4v) is 2.60. The van der Waals surface area contributed by atoms with E-state index < -0.39 is 50.8 Å². The van der Waals surface area contributed by atoms with Crippen molar-refractivity contribution in [2.75, 3.05) is 13.7 Å². The molecule has 0 heterocycles. The minimum Gasteiger partial charge on any atom is -0.465 e. The fourth-order valence-electron chi connectivity index (χ4n) is 2.60. The van der Waals surface area contributed by atoms with Gasteiger partial charge < -0.3 is 14.7 Å². The molecule has 27 heavy (non-hydrogen) atoms. The van der Waals surface area contributed by atoms with Gasteiger partial charge in [0.2, 0.25) is 0 Å². The third-order valence-corrected chi connectivity index (χ3v) is 3.68. The van der Waals surface area contributed by atoms with Crippen molar-refractivity contribution >= 4 is 29.1 Å². The topological polar surface area (TPSA) is 159 Å². The van der Waals surface area contributed by atoms with Crippen LogP contribution in [0.5, 0.6) is 0 Å². The van der Waals surface area contributed by atoms with Gasteiger partial charge in [-0.25, -0.2) is 4.79 Å². The normalized spacial score (nSPS) is 13.7. The lowest BCUT2D eigenvalue weighted by Crippen LogP contribution is -2.41. The molecule has 0 amide bonds. The van der Waals surface area contributed by atoms with Gasteiger partial charge in [0.15, 0.2) is 0 Å². The van der Waals surface area contributed by atoms with Gasteiger partial charge in [-0.15, -0.1) is 0 Å². The number of nitrogens with zero attached hydrogens (tertiary/aromatic N) is 2. The fraction of sp³-hybridized carbons (Fsp3) is 0.375. The van der Waals surface area contributed by atoms with E-state index >= 15 is 0 Å². The molecule has 2 atom stereocenters. The summed E-state index contributed by atoms with van der Waals surface area (Å²) in [6, 6.07) is 4.88. The van der Waals surface area contributed by atoms with E-state index in [0.717, 1.165) is 26.2 Å². The molecule has 0 spiro atoms. The van der Waals surface area contributed by atoms with Crippen molar-refractivity contribution in [3.8, 4) is 0 Å². The van der Waals surface area contributed by atoms with Crippen molar-refractivity contribution in [1.29, 1.82) is 0 Å². The summed E-state index contributed by atoms with van der Waals surface area (Å²) in [5, 5.41) is 32.4. The van der Waals surface area contributed by atoms with Crippen molar-refractivity contribution in [3.63, 3.8) is 0 Å². The highest BCUT2D eigenvalue weighted by molar-refractivity contribution is 6.37. The molecule has 0 aliphatic heterocycles. The van der Waals surface area contributed by atoms with Gasteiger partial charge in [0.1, 0.15) is 17.6 Å². The van der Waals surface area contributed by atoms with Crippen LogP contribution >= 0.6 is 0 Å². The van der Waals surface area contributed by atoms with Crippen LogP contribution in [0.1, 0.15) is 25.3 Å². The van der Waals surface area contributed by atoms with E-state index in [1.165, 1.54) is 19.1 Å². The van der Waals surface area contributed by atoms with Crippen LogP contribution in [0.3, 0.4) is 0 Å². The zero-order valence-electron chi connectivity index (χ0n) is 14.8. The highest BCUT2D eigenvalue weighted by Gasteiger charge is 2.48. The van der Waals surface area contributed by atoms with Gasteiger partial charge >= 0.3 is 17.7 Å². The number of Topliss-reactive ketones (excluding diaryl/α,β-unsaturated/α-hetero) is 1. The number of hydrogen-bond acceptors (Lipinski definition) is 9. The Labute approximate surface area is 153 Å². The van der Waals surface area contributed by atoms with Gasteiger partial charge in [-0.2, -0.15) is 0 Å². The molecule has 1 aromatic rings. The summed E-state index contributed by atoms with van der Waals surface area (Å²) in [5.41, 5.74) is -1.95. The lowest BCUT2D eigenvalue weighted by Gasteiger charge is -2.21. The summed E-state index contributed by atoms with van der Waals surface area (Å²) in [7, 11) is 0.898. The van der Waals surface area contributed by atoms with Gasteiger partial charge in [0.25, 0.3) is 5.69 Å². The molecule has 0 aliphatic rings. The molecule has 1 rings (SSSR count). The van der Waals surface area contributed by atoms with Crippen LogP contribution in [0, 0.1) is 21.2 Å². The number of para-hydroxylation sites is 1. The Morgan fingerprint density at radius 3 is 2.26 bits per heavy atom. The van der Waals surface area contributed by atoms with Crippen LogP contribution in [0.2, 0.25) is 0 Å². The SMILES string of the molecule is CCOC(=O)C(C(C)=O)C(C(C(=O)OC)=[N+]([O-])O)c1ccccc1[N+](=O)[O-]. The van der Waals surface area contributed by atoms with Crippen LogP contribution in [0.15, 0.2) is 24.3 Å². The molecule has 2 unspecified atom stereocenters. The van der Waals surface area contributed by atoms with E-state index in [1.807, 2.05) is 0 Å². The largest absolute Gasteiger partial charge is 0.465 e. The summed E-state index contributed by atoms with van der Waals surface area (Å²) in [6.45, 7) is 2.33. The number of rotatable bonds is 8. The highest BCUT2D eigenvalue weighted by Crippen LogP contribution is 2.35. The second kappa shape index (κ2) is 9.27. The number of esters is 2. The quantitative estimate of drug-likeness (QED) is 0.131. The minimum atomic E-state index is -1.81.